The molecule has 20 heavy (non-hydrogen) atoms. The Labute approximate surface area is 118 Å². The largest absolute Gasteiger partial charge is 0.345 e. The van der Waals surface area contributed by atoms with E-state index in [1.165, 1.54) is 0 Å². The second kappa shape index (κ2) is 6.40. The third kappa shape index (κ3) is 3.28. The standard InChI is InChI=1S/C15H19N3O2/c1-11-6-8-13(9-7-11)17-15(19)18(20)14-5-3-2-4-12(14)10-16/h6-9,12,14,20H,2-5H2,1H3,(H,17,19)/t12-,14+/m0/s1. The van der Waals surface area contributed by atoms with Gasteiger partial charge >= 0.3 is 6.03 Å². The number of hydroxylamine groups is 2. The van der Waals surface area contributed by atoms with Gasteiger partial charge in [-0.1, -0.05) is 30.5 Å². The van der Waals surface area contributed by atoms with Crippen molar-refractivity contribution in [2.75, 3.05) is 5.32 Å². The minimum absolute atomic E-state index is 0.294. The fourth-order valence-electron chi connectivity index (χ4n) is 2.52. The number of nitrogens with zero attached hydrogens (tertiary/aromatic N) is 2. The monoisotopic (exact) mass is 273 g/mol. The second-order valence-corrected chi connectivity index (χ2v) is 5.23. The summed E-state index contributed by atoms with van der Waals surface area (Å²) in [5, 5.41) is 22.4. The molecule has 1 aliphatic carbocycles. The zero-order valence-corrected chi connectivity index (χ0v) is 11.5. The molecule has 1 aromatic carbocycles. The number of aryl methyl sites for hydroxylation is 1. The van der Waals surface area contributed by atoms with Gasteiger partial charge in [-0.3, -0.25) is 5.21 Å². The maximum Gasteiger partial charge on any atom is 0.345 e. The molecule has 5 heteroatoms. The average Bonchev–Trinajstić information content (AvgIpc) is 2.48. The van der Waals surface area contributed by atoms with Gasteiger partial charge < -0.3 is 5.32 Å². The van der Waals surface area contributed by atoms with E-state index < -0.39 is 12.1 Å². The van der Waals surface area contributed by atoms with Gasteiger partial charge in [0.1, 0.15) is 0 Å². The lowest BCUT2D eigenvalue weighted by molar-refractivity contribution is -0.0919. The number of anilines is 1. The van der Waals surface area contributed by atoms with Gasteiger partial charge in [-0.15, -0.1) is 0 Å². The summed E-state index contributed by atoms with van der Waals surface area (Å²) in [6.45, 7) is 1.96. The fraction of sp³-hybridized carbons (Fsp3) is 0.467. The highest BCUT2D eigenvalue weighted by atomic mass is 16.5. The van der Waals surface area contributed by atoms with Crippen LogP contribution in [0.4, 0.5) is 10.5 Å². The normalized spacial score (nSPS) is 21.9. The highest BCUT2D eigenvalue weighted by Gasteiger charge is 2.32. The Morgan fingerprint density at radius 1 is 1.35 bits per heavy atom. The molecule has 0 bridgehead atoms. The van der Waals surface area contributed by atoms with E-state index >= 15 is 0 Å². The number of carbonyl (C=O) groups is 1. The van der Waals surface area contributed by atoms with Crippen LogP contribution in [0.3, 0.4) is 0 Å². The number of hydrogen-bond acceptors (Lipinski definition) is 3. The number of carbonyl (C=O) groups excluding carboxylic acids is 1. The van der Waals surface area contributed by atoms with Gasteiger partial charge in [0, 0.05) is 5.69 Å². The highest BCUT2D eigenvalue weighted by Crippen LogP contribution is 2.27. The van der Waals surface area contributed by atoms with E-state index in [9.17, 15) is 10.0 Å². The summed E-state index contributed by atoms with van der Waals surface area (Å²) in [7, 11) is 0. The van der Waals surface area contributed by atoms with Gasteiger partial charge in [-0.2, -0.15) is 5.26 Å². The van der Waals surface area contributed by atoms with Gasteiger partial charge in [-0.05, 0) is 31.9 Å². The summed E-state index contributed by atoms with van der Waals surface area (Å²) in [6, 6.07) is 8.51. The van der Waals surface area contributed by atoms with Crippen LogP contribution in [-0.4, -0.2) is 22.3 Å². The van der Waals surface area contributed by atoms with Gasteiger partial charge in [0.05, 0.1) is 18.0 Å². The van der Waals surface area contributed by atoms with Gasteiger partial charge in [0.25, 0.3) is 0 Å². The van der Waals surface area contributed by atoms with Gasteiger partial charge in [0.2, 0.25) is 0 Å². The van der Waals surface area contributed by atoms with Crippen molar-refractivity contribution in [3.8, 4) is 6.07 Å². The third-order valence-electron chi connectivity index (χ3n) is 3.72. The minimum atomic E-state index is -0.582. The molecule has 2 amide bonds. The molecule has 0 unspecified atom stereocenters. The molecule has 2 rings (SSSR count). The van der Waals surface area contributed by atoms with Gasteiger partial charge in [0.15, 0.2) is 0 Å². The number of urea groups is 1. The Kier molecular flexibility index (Phi) is 4.59. The molecule has 2 atom stereocenters. The molecule has 0 aromatic heterocycles. The van der Waals surface area contributed by atoms with Crippen LogP contribution in [0.5, 0.6) is 0 Å². The molecule has 1 aliphatic rings. The summed E-state index contributed by atoms with van der Waals surface area (Å²) in [6.07, 6.45) is 3.30. The first kappa shape index (κ1) is 14.4. The van der Waals surface area contributed by atoms with Crippen LogP contribution in [0.25, 0.3) is 0 Å². The minimum Gasteiger partial charge on any atom is -0.306 e. The highest BCUT2D eigenvalue weighted by molar-refractivity contribution is 5.88. The number of benzene rings is 1. The molecule has 2 N–H and O–H groups in total. The maximum absolute atomic E-state index is 12.0. The van der Waals surface area contributed by atoms with Crippen molar-refractivity contribution in [3.63, 3.8) is 0 Å². The Morgan fingerprint density at radius 3 is 2.65 bits per heavy atom. The molecule has 106 valence electrons. The van der Waals surface area contributed by atoms with Crippen molar-refractivity contribution >= 4 is 11.7 Å². The molecule has 0 spiro atoms. The molecule has 0 aliphatic heterocycles. The van der Waals surface area contributed by atoms with Crippen LogP contribution in [0.2, 0.25) is 0 Å². The van der Waals surface area contributed by atoms with Crippen molar-refractivity contribution in [3.05, 3.63) is 29.8 Å². The Balaban J connectivity index is 2.01. The van der Waals surface area contributed by atoms with Gasteiger partial charge in [-0.25, -0.2) is 9.86 Å². The SMILES string of the molecule is Cc1ccc(NC(=O)N(O)[C@@H]2CCCC[C@H]2C#N)cc1. The predicted octanol–water partition coefficient (Wildman–Crippen LogP) is 3.30. The van der Waals surface area contributed by atoms with Crippen molar-refractivity contribution in [1.82, 2.24) is 5.06 Å². The van der Waals surface area contributed by atoms with Crippen molar-refractivity contribution in [1.29, 1.82) is 5.26 Å². The number of hydrogen-bond donors (Lipinski definition) is 2. The first-order valence-electron chi connectivity index (χ1n) is 6.87. The lowest BCUT2D eigenvalue weighted by Crippen LogP contribution is -2.45. The predicted molar refractivity (Wildman–Crippen MR) is 75.2 cm³/mol. The Hall–Kier alpha value is -2.06. The smallest absolute Gasteiger partial charge is 0.306 e. The quantitative estimate of drug-likeness (QED) is 0.641. The molecular formula is C15H19N3O2. The van der Waals surface area contributed by atoms with Crippen molar-refractivity contribution in [2.24, 2.45) is 5.92 Å². The Morgan fingerprint density at radius 2 is 2.00 bits per heavy atom. The number of nitriles is 1. The summed E-state index contributed by atoms with van der Waals surface area (Å²) < 4.78 is 0. The van der Waals surface area contributed by atoms with E-state index in [1.807, 2.05) is 19.1 Å². The maximum atomic E-state index is 12.0. The molecule has 1 saturated carbocycles. The molecule has 0 heterocycles. The summed E-state index contributed by atoms with van der Waals surface area (Å²) >= 11 is 0. The summed E-state index contributed by atoms with van der Waals surface area (Å²) in [4.78, 5) is 12.0. The number of nitrogens with one attached hydrogen (secondary N) is 1. The van der Waals surface area contributed by atoms with Crippen molar-refractivity contribution in [2.45, 2.75) is 38.6 Å². The van der Waals surface area contributed by atoms with E-state index in [-0.39, 0.29) is 5.92 Å². The van der Waals surface area contributed by atoms with Crippen molar-refractivity contribution < 1.29 is 10.0 Å². The molecular weight excluding hydrogens is 254 g/mol. The van der Waals surface area contributed by atoms with Crippen LogP contribution >= 0.6 is 0 Å². The van der Waals surface area contributed by atoms with E-state index in [0.29, 0.717) is 17.2 Å². The summed E-state index contributed by atoms with van der Waals surface area (Å²) in [5.74, 6) is -0.294. The van der Waals surface area contributed by atoms with Crippen LogP contribution < -0.4 is 5.32 Å². The van der Waals surface area contributed by atoms with E-state index in [1.54, 1.807) is 12.1 Å². The lowest BCUT2D eigenvalue weighted by Gasteiger charge is -2.32. The average molecular weight is 273 g/mol. The second-order valence-electron chi connectivity index (χ2n) is 5.23. The molecule has 0 saturated heterocycles. The zero-order valence-electron chi connectivity index (χ0n) is 11.5. The van der Waals surface area contributed by atoms with E-state index in [0.717, 1.165) is 24.8 Å². The first-order chi connectivity index (χ1) is 9.61. The molecule has 1 fully saturated rings. The number of rotatable bonds is 2. The van der Waals surface area contributed by atoms with Crippen LogP contribution in [0.1, 0.15) is 31.2 Å². The van der Waals surface area contributed by atoms with E-state index in [2.05, 4.69) is 11.4 Å². The van der Waals surface area contributed by atoms with E-state index in [4.69, 9.17) is 5.26 Å². The molecule has 0 radical (unpaired) electrons. The topological polar surface area (TPSA) is 76.4 Å². The first-order valence-corrected chi connectivity index (χ1v) is 6.87. The summed E-state index contributed by atoms with van der Waals surface area (Å²) in [5.41, 5.74) is 1.73. The molecule has 5 nitrogen and oxygen atoms in total. The third-order valence-corrected chi connectivity index (χ3v) is 3.72. The van der Waals surface area contributed by atoms with Crippen LogP contribution in [-0.2, 0) is 0 Å². The zero-order chi connectivity index (χ0) is 14.5. The lowest BCUT2D eigenvalue weighted by atomic mass is 9.85. The fourth-order valence-corrected chi connectivity index (χ4v) is 2.52. The Bertz CT molecular complexity index is 507. The van der Waals surface area contributed by atoms with Crippen LogP contribution in [0, 0.1) is 24.2 Å². The van der Waals surface area contributed by atoms with Crippen LogP contribution in [0.15, 0.2) is 24.3 Å². The number of amides is 2. The molecule has 1 aromatic rings.